The van der Waals surface area contributed by atoms with Crippen molar-refractivity contribution in [3.8, 4) is 11.3 Å². The van der Waals surface area contributed by atoms with Gasteiger partial charge in [-0.1, -0.05) is 31.0 Å². The molecule has 0 saturated heterocycles. The minimum Gasteiger partial charge on any atom is -0.198 e. The zero-order chi connectivity index (χ0) is 14.4. The van der Waals surface area contributed by atoms with Crippen LogP contribution < -0.4 is 4.57 Å². The van der Waals surface area contributed by atoms with E-state index in [-0.39, 0.29) is 0 Å². The molecule has 1 fully saturated rings. The van der Waals surface area contributed by atoms with Crippen molar-refractivity contribution in [2.45, 2.75) is 50.9 Å². The van der Waals surface area contributed by atoms with E-state index in [1.54, 1.807) is 11.3 Å². The number of aromatic nitrogens is 1. The summed E-state index contributed by atoms with van der Waals surface area (Å²) in [7, 11) is 2.26. The van der Waals surface area contributed by atoms with Gasteiger partial charge in [0.1, 0.15) is 7.05 Å². The smallest absolute Gasteiger partial charge is 0.198 e. The van der Waals surface area contributed by atoms with Crippen molar-refractivity contribution < 1.29 is 4.57 Å². The van der Waals surface area contributed by atoms with E-state index < -0.39 is 0 Å². The standard InChI is InChI=1S/C20H24N/c1-15-7-3-4-8-16(15)18-10-9-17-19(21(18)2)11-14-20(17)12-5-6-13-20/h3-4,7-10H,5-6,11-14H2,1-2H3/q+1. The molecule has 1 heterocycles. The average molecular weight is 278 g/mol. The van der Waals surface area contributed by atoms with Gasteiger partial charge >= 0.3 is 0 Å². The SMILES string of the molecule is Cc1ccccc1-c1ccc2c([n+]1C)CCC21CCCC1. The Bertz CT molecular complexity index is 693. The number of nitrogens with zero attached hydrogens (tertiary/aromatic N) is 1. The Hall–Kier alpha value is -1.63. The van der Waals surface area contributed by atoms with Gasteiger partial charge in [0.15, 0.2) is 5.69 Å². The molecule has 1 aromatic carbocycles. The van der Waals surface area contributed by atoms with E-state index in [4.69, 9.17) is 0 Å². The van der Waals surface area contributed by atoms with Gasteiger partial charge in [-0.3, -0.25) is 0 Å². The van der Waals surface area contributed by atoms with Gasteiger partial charge in [-0.15, -0.1) is 0 Å². The van der Waals surface area contributed by atoms with E-state index in [0.717, 1.165) is 0 Å². The predicted molar refractivity (Wildman–Crippen MR) is 86.3 cm³/mol. The molecule has 21 heavy (non-hydrogen) atoms. The van der Waals surface area contributed by atoms with Crippen molar-refractivity contribution in [1.29, 1.82) is 0 Å². The third-order valence-electron chi connectivity index (χ3n) is 5.88. The lowest BCUT2D eigenvalue weighted by Gasteiger charge is -2.22. The summed E-state index contributed by atoms with van der Waals surface area (Å²) >= 11 is 0. The normalized spacial score (nSPS) is 19.1. The predicted octanol–water partition coefficient (Wildman–Crippen LogP) is 4.24. The Morgan fingerprint density at radius 3 is 2.48 bits per heavy atom. The van der Waals surface area contributed by atoms with Crippen molar-refractivity contribution in [3.05, 3.63) is 53.2 Å². The van der Waals surface area contributed by atoms with Gasteiger partial charge in [0, 0.05) is 29.0 Å². The Morgan fingerprint density at radius 2 is 1.71 bits per heavy atom. The third-order valence-corrected chi connectivity index (χ3v) is 5.88. The first-order valence-corrected chi connectivity index (χ1v) is 8.30. The summed E-state index contributed by atoms with van der Waals surface area (Å²) < 4.78 is 2.46. The highest BCUT2D eigenvalue weighted by atomic mass is 15.0. The molecule has 1 nitrogen and oxygen atoms in total. The van der Waals surface area contributed by atoms with Crippen molar-refractivity contribution in [2.24, 2.45) is 7.05 Å². The Labute approximate surface area is 127 Å². The molecule has 0 unspecified atom stereocenters. The molecule has 0 N–H and O–H groups in total. The summed E-state index contributed by atoms with van der Waals surface area (Å²) in [6.45, 7) is 2.21. The number of hydrogen-bond acceptors (Lipinski definition) is 0. The first-order chi connectivity index (χ1) is 10.2. The Balaban J connectivity index is 1.86. The zero-order valence-electron chi connectivity index (χ0n) is 13.2. The quantitative estimate of drug-likeness (QED) is 0.687. The summed E-state index contributed by atoms with van der Waals surface area (Å²) in [5.41, 5.74) is 7.85. The zero-order valence-corrected chi connectivity index (χ0v) is 13.2. The lowest BCUT2D eigenvalue weighted by molar-refractivity contribution is -0.668. The Morgan fingerprint density at radius 1 is 0.952 bits per heavy atom. The number of rotatable bonds is 1. The summed E-state index contributed by atoms with van der Waals surface area (Å²) in [6, 6.07) is 13.5. The average Bonchev–Trinajstić information content (AvgIpc) is 3.10. The molecular weight excluding hydrogens is 254 g/mol. The summed E-state index contributed by atoms with van der Waals surface area (Å²) in [5.74, 6) is 0. The van der Waals surface area contributed by atoms with E-state index in [9.17, 15) is 0 Å². The van der Waals surface area contributed by atoms with E-state index in [0.29, 0.717) is 5.41 Å². The molecule has 1 saturated carbocycles. The van der Waals surface area contributed by atoms with Crippen LogP contribution in [-0.2, 0) is 18.9 Å². The number of aryl methyl sites for hydroxylation is 1. The van der Waals surface area contributed by atoms with Crippen LogP contribution in [0.3, 0.4) is 0 Å². The Kier molecular flexibility index (Phi) is 2.92. The minimum absolute atomic E-state index is 0.525. The van der Waals surface area contributed by atoms with Gasteiger partial charge < -0.3 is 0 Å². The van der Waals surface area contributed by atoms with E-state index in [1.165, 1.54) is 55.3 Å². The molecule has 2 aliphatic rings. The molecule has 2 aliphatic carbocycles. The molecule has 108 valence electrons. The van der Waals surface area contributed by atoms with Crippen molar-refractivity contribution in [2.75, 3.05) is 0 Å². The highest BCUT2D eigenvalue weighted by molar-refractivity contribution is 5.61. The molecular formula is C20H24N+. The molecule has 1 heteroatoms. The number of hydrogen-bond donors (Lipinski definition) is 0. The third kappa shape index (κ3) is 1.87. The molecule has 0 atom stereocenters. The van der Waals surface area contributed by atoms with Gasteiger partial charge in [0.25, 0.3) is 0 Å². The summed E-state index contributed by atoms with van der Waals surface area (Å²) in [4.78, 5) is 0. The highest BCUT2D eigenvalue weighted by Gasteiger charge is 2.44. The van der Waals surface area contributed by atoms with Crippen molar-refractivity contribution in [3.63, 3.8) is 0 Å². The number of fused-ring (bicyclic) bond motifs is 2. The van der Waals surface area contributed by atoms with E-state index in [1.807, 2.05) is 0 Å². The van der Waals surface area contributed by atoms with Crippen LogP contribution in [0.4, 0.5) is 0 Å². The van der Waals surface area contributed by atoms with Gasteiger partial charge in [0.05, 0.1) is 0 Å². The highest BCUT2D eigenvalue weighted by Crippen LogP contribution is 2.49. The van der Waals surface area contributed by atoms with Gasteiger partial charge in [0.2, 0.25) is 5.69 Å². The monoisotopic (exact) mass is 278 g/mol. The van der Waals surface area contributed by atoms with Gasteiger partial charge in [-0.05, 0) is 43.9 Å². The molecule has 0 amide bonds. The molecule has 0 bridgehead atoms. The summed E-state index contributed by atoms with van der Waals surface area (Å²) in [5, 5.41) is 0. The van der Waals surface area contributed by atoms with Crippen LogP contribution in [0.2, 0.25) is 0 Å². The van der Waals surface area contributed by atoms with Crippen LogP contribution in [0.25, 0.3) is 11.3 Å². The fourth-order valence-corrected chi connectivity index (χ4v) is 4.68. The second-order valence-corrected chi connectivity index (χ2v) is 6.94. The maximum Gasteiger partial charge on any atom is 0.212 e. The lowest BCUT2D eigenvalue weighted by Crippen LogP contribution is -2.37. The maximum atomic E-state index is 2.46. The second kappa shape index (κ2) is 4.69. The number of pyridine rings is 1. The molecule has 0 aliphatic heterocycles. The molecule has 2 aromatic rings. The van der Waals surface area contributed by atoms with Crippen LogP contribution in [-0.4, -0.2) is 0 Å². The van der Waals surface area contributed by atoms with Gasteiger partial charge in [-0.2, -0.15) is 4.57 Å². The fourth-order valence-electron chi connectivity index (χ4n) is 4.68. The first-order valence-electron chi connectivity index (χ1n) is 8.30. The number of benzene rings is 1. The van der Waals surface area contributed by atoms with Crippen LogP contribution in [0, 0.1) is 6.92 Å². The second-order valence-electron chi connectivity index (χ2n) is 6.94. The van der Waals surface area contributed by atoms with E-state index in [2.05, 4.69) is 54.9 Å². The minimum atomic E-state index is 0.525. The molecule has 0 radical (unpaired) electrons. The molecule has 4 rings (SSSR count). The topological polar surface area (TPSA) is 3.88 Å². The van der Waals surface area contributed by atoms with Crippen molar-refractivity contribution >= 4 is 0 Å². The largest absolute Gasteiger partial charge is 0.212 e. The fraction of sp³-hybridized carbons (Fsp3) is 0.450. The van der Waals surface area contributed by atoms with Crippen molar-refractivity contribution in [1.82, 2.24) is 0 Å². The van der Waals surface area contributed by atoms with Crippen LogP contribution in [0.1, 0.15) is 48.9 Å². The summed E-state index contributed by atoms with van der Waals surface area (Å²) in [6.07, 6.45) is 8.28. The van der Waals surface area contributed by atoms with Crippen LogP contribution in [0.5, 0.6) is 0 Å². The maximum absolute atomic E-state index is 2.46. The lowest BCUT2D eigenvalue weighted by atomic mass is 9.81. The van der Waals surface area contributed by atoms with Gasteiger partial charge in [-0.25, -0.2) is 0 Å². The molecule has 1 spiro atoms. The van der Waals surface area contributed by atoms with Crippen LogP contribution >= 0.6 is 0 Å². The van der Waals surface area contributed by atoms with Crippen LogP contribution in [0.15, 0.2) is 36.4 Å². The molecule has 1 aromatic heterocycles. The van der Waals surface area contributed by atoms with E-state index >= 15 is 0 Å². The first kappa shape index (κ1) is 13.1.